The van der Waals surface area contributed by atoms with E-state index in [1.54, 1.807) is 0 Å². The van der Waals surface area contributed by atoms with Gasteiger partial charge in [-0.1, -0.05) is 0 Å². The summed E-state index contributed by atoms with van der Waals surface area (Å²) in [4.78, 5) is 0. The van der Waals surface area contributed by atoms with Gasteiger partial charge in [0.2, 0.25) is 0 Å². The number of rotatable bonds is 2. The van der Waals surface area contributed by atoms with Gasteiger partial charge in [0.15, 0.2) is 0 Å². The van der Waals surface area contributed by atoms with Crippen molar-refractivity contribution >= 4 is 23.2 Å². The van der Waals surface area contributed by atoms with Crippen molar-refractivity contribution in [2.24, 2.45) is 0 Å². The molecule has 0 heterocycles. The maximum atomic E-state index is 6.11. The van der Waals surface area contributed by atoms with Gasteiger partial charge in [-0.3, -0.25) is 0 Å². The molecule has 3 heteroatoms. The second kappa shape index (κ2) is 5.19. The van der Waals surface area contributed by atoms with Gasteiger partial charge in [0.1, 0.15) is 0 Å². The van der Waals surface area contributed by atoms with Crippen LogP contribution in [0.15, 0.2) is 48.5 Å². The third-order valence-electron chi connectivity index (χ3n) is 1.85. The van der Waals surface area contributed by atoms with Crippen LogP contribution in [-0.2, 0) is 0 Å². The van der Waals surface area contributed by atoms with Gasteiger partial charge in [0.05, 0.1) is 0 Å². The Kier molecular flexibility index (Phi) is 3.89. The SMILES string of the molecule is Clc1ccccc1[I-]c1ccccc1Cl. The van der Waals surface area contributed by atoms with E-state index < -0.39 is 0 Å². The molecular weight excluding hydrogens is 342 g/mol. The molecule has 0 saturated carbocycles. The molecule has 0 saturated heterocycles. The van der Waals surface area contributed by atoms with E-state index >= 15 is 0 Å². The number of hydrogen-bond acceptors (Lipinski definition) is 0. The summed E-state index contributed by atoms with van der Waals surface area (Å²) < 4.78 is 2.43. The molecule has 0 atom stereocenters. The van der Waals surface area contributed by atoms with Crippen molar-refractivity contribution in [3.8, 4) is 0 Å². The average Bonchev–Trinajstić information content (AvgIpc) is 2.24. The van der Waals surface area contributed by atoms with Crippen LogP contribution in [0.5, 0.6) is 0 Å². The van der Waals surface area contributed by atoms with Crippen molar-refractivity contribution in [2.45, 2.75) is 0 Å². The van der Waals surface area contributed by atoms with E-state index in [4.69, 9.17) is 23.2 Å². The molecule has 0 amide bonds. The molecule has 0 nitrogen and oxygen atoms in total. The molecule has 0 fully saturated rings. The van der Waals surface area contributed by atoms with Crippen LogP contribution < -0.4 is 21.2 Å². The summed E-state index contributed by atoms with van der Waals surface area (Å²) >= 11 is 11.9. The Labute approximate surface area is 109 Å². The molecule has 0 aromatic heterocycles. The molecule has 0 aliphatic heterocycles. The van der Waals surface area contributed by atoms with Crippen LogP contribution in [-0.4, -0.2) is 0 Å². The molecule has 0 aliphatic rings. The van der Waals surface area contributed by atoms with Crippen molar-refractivity contribution in [2.75, 3.05) is 0 Å². The van der Waals surface area contributed by atoms with Crippen LogP contribution in [0.1, 0.15) is 0 Å². The average molecular weight is 350 g/mol. The van der Waals surface area contributed by atoms with Crippen LogP contribution in [0.3, 0.4) is 0 Å². The standard InChI is InChI=1S/C12H8Cl2I/c13-9-5-1-3-7-11(9)15-12-8-4-2-6-10(12)14/h1-8H/q-1. The predicted molar refractivity (Wildman–Crippen MR) is 60.3 cm³/mol. The molecule has 2 aromatic carbocycles. The quantitative estimate of drug-likeness (QED) is 0.713. The first-order valence-electron chi connectivity index (χ1n) is 4.41. The molecule has 0 radical (unpaired) electrons. The van der Waals surface area contributed by atoms with E-state index in [0.29, 0.717) is 0 Å². The number of hydrogen-bond donors (Lipinski definition) is 0. The zero-order valence-corrected chi connectivity index (χ0v) is 11.4. The Balaban J connectivity index is 2.30. The first-order chi connectivity index (χ1) is 7.27. The van der Waals surface area contributed by atoms with Crippen LogP contribution in [0.25, 0.3) is 0 Å². The fourth-order valence-corrected chi connectivity index (χ4v) is 4.17. The van der Waals surface area contributed by atoms with Crippen LogP contribution >= 0.6 is 23.2 Å². The summed E-state index contributed by atoms with van der Waals surface area (Å²) in [6.07, 6.45) is 0. The van der Waals surface area contributed by atoms with Crippen molar-refractivity contribution in [3.63, 3.8) is 0 Å². The summed E-state index contributed by atoms with van der Waals surface area (Å²) in [5.74, 6) is 0. The Bertz CT molecular complexity index is 425. The minimum absolute atomic E-state index is 0.279. The van der Waals surface area contributed by atoms with Crippen molar-refractivity contribution in [1.82, 2.24) is 0 Å². The van der Waals surface area contributed by atoms with E-state index in [1.165, 1.54) is 7.14 Å². The van der Waals surface area contributed by atoms with Crippen molar-refractivity contribution in [3.05, 3.63) is 65.7 Å². The van der Waals surface area contributed by atoms with Gasteiger partial charge in [-0.2, -0.15) is 0 Å². The Morgan fingerprint density at radius 1 is 0.667 bits per heavy atom. The summed E-state index contributed by atoms with van der Waals surface area (Å²) in [5, 5.41) is 1.68. The third kappa shape index (κ3) is 2.86. The predicted octanol–water partition coefficient (Wildman–Crippen LogP) is 1.12. The Hall–Kier alpha value is -0.250. The third-order valence-corrected chi connectivity index (χ3v) is 6.19. The van der Waals surface area contributed by atoms with Gasteiger partial charge < -0.3 is 0 Å². The van der Waals surface area contributed by atoms with Gasteiger partial charge in [-0.15, -0.1) is 0 Å². The molecule has 0 spiro atoms. The molecular formula is C12H8Cl2I-. The van der Waals surface area contributed by atoms with Crippen molar-refractivity contribution < 1.29 is 21.2 Å². The monoisotopic (exact) mass is 349 g/mol. The number of benzene rings is 2. The molecule has 2 rings (SSSR count). The zero-order chi connectivity index (χ0) is 10.7. The zero-order valence-electron chi connectivity index (χ0n) is 7.75. The maximum absolute atomic E-state index is 6.11. The fourth-order valence-electron chi connectivity index (χ4n) is 1.14. The molecule has 15 heavy (non-hydrogen) atoms. The Morgan fingerprint density at radius 2 is 1.07 bits per heavy atom. The van der Waals surface area contributed by atoms with E-state index in [1.807, 2.05) is 36.4 Å². The van der Waals surface area contributed by atoms with Gasteiger partial charge in [0.25, 0.3) is 0 Å². The molecule has 2 aromatic rings. The van der Waals surface area contributed by atoms with E-state index in [0.717, 1.165) is 10.0 Å². The van der Waals surface area contributed by atoms with Crippen LogP contribution in [0.4, 0.5) is 0 Å². The van der Waals surface area contributed by atoms with Crippen LogP contribution in [0, 0.1) is 7.14 Å². The molecule has 0 bridgehead atoms. The van der Waals surface area contributed by atoms with Gasteiger partial charge in [-0.05, 0) is 0 Å². The normalized spacial score (nSPS) is 10.5. The topological polar surface area (TPSA) is 0 Å². The van der Waals surface area contributed by atoms with Gasteiger partial charge >= 0.3 is 110 Å². The molecule has 0 unspecified atom stereocenters. The first-order valence-corrected chi connectivity index (χ1v) is 7.32. The second-order valence-corrected chi connectivity index (χ2v) is 6.60. The Morgan fingerprint density at radius 3 is 1.47 bits per heavy atom. The first kappa shape index (κ1) is 11.2. The second-order valence-electron chi connectivity index (χ2n) is 2.92. The van der Waals surface area contributed by atoms with Gasteiger partial charge in [0, 0.05) is 0 Å². The van der Waals surface area contributed by atoms with E-state index in [2.05, 4.69) is 12.1 Å². The fraction of sp³-hybridized carbons (Fsp3) is 0. The van der Waals surface area contributed by atoms with E-state index in [9.17, 15) is 0 Å². The van der Waals surface area contributed by atoms with Crippen LogP contribution in [0.2, 0.25) is 10.0 Å². The summed E-state index contributed by atoms with van der Waals surface area (Å²) in [7, 11) is 0. The summed E-state index contributed by atoms with van der Waals surface area (Å²) in [5.41, 5.74) is 0. The summed E-state index contributed by atoms with van der Waals surface area (Å²) in [6, 6.07) is 15.9. The molecule has 0 N–H and O–H groups in total. The molecule has 0 aliphatic carbocycles. The van der Waals surface area contributed by atoms with Gasteiger partial charge in [-0.25, -0.2) is 0 Å². The number of halogens is 3. The summed E-state index contributed by atoms with van der Waals surface area (Å²) in [6.45, 7) is 0. The van der Waals surface area contributed by atoms with Crippen molar-refractivity contribution in [1.29, 1.82) is 0 Å². The molecule has 78 valence electrons. The van der Waals surface area contributed by atoms with E-state index in [-0.39, 0.29) is 21.2 Å². The minimum atomic E-state index is -0.279.